The van der Waals surface area contributed by atoms with Crippen LogP contribution in [0.15, 0.2) is 0 Å². The highest BCUT2D eigenvalue weighted by Gasteiger charge is 2.63. The van der Waals surface area contributed by atoms with Crippen LogP contribution in [0, 0.1) is 45.7 Å². The maximum atomic E-state index is 13.0. The van der Waals surface area contributed by atoms with Crippen LogP contribution < -0.4 is 0 Å². The topological polar surface area (TPSA) is 100 Å². The number of nitrogens with zero attached hydrogens (tertiary/aromatic N) is 2. The number of carbonyl (C=O) groups is 2. The molecule has 26 heavy (non-hydrogen) atoms. The molecule has 2 aliphatic carbocycles. The van der Waals surface area contributed by atoms with Crippen molar-refractivity contribution >= 4 is 11.9 Å². The fourth-order valence-electron chi connectivity index (χ4n) is 5.26. The predicted octanol–water partition coefficient (Wildman–Crippen LogP) is 4.21. The third-order valence-electron chi connectivity index (χ3n) is 7.05. The van der Waals surface area contributed by atoms with Gasteiger partial charge in [-0.1, -0.05) is 38.5 Å². The highest BCUT2D eigenvalue weighted by molar-refractivity contribution is 5.89. The summed E-state index contributed by atoms with van der Waals surface area (Å²) in [6.07, 6.45) is 12.3. The average Bonchev–Trinajstić information content (AvgIpc) is 2.68. The lowest BCUT2D eigenvalue weighted by atomic mass is 9.50. The third-order valence-corrected chi connectivity index (χ3v) is 7.05. The second kappa shape index (κ2) is 8.54. The van der Waals surface area contributed by atoms with Gasteiger partial charge in [-0.3, -0.25) is 9.59 Å². The molecule has 0 amide bonds. The highest BCUT2D eigenvalue weighted by atomic mass is 16.5. The molecule has 0 radical (unpaired) electrons. The van der Waals surface area contributed by atoms with Gasteiger partial charge in [-0.05, 0) is 51.4 Å². The Morgan fingerprint density at radius 2 is 1.04 bits per heavy atom. The van der Waals surface area contributed by atoms with Gasteiger partial charge in [0.15, 0.2) is 0 Å². The van der Waals surface area contributed by atoms with Crippen molar-refractivity contribution in [1.29, 1.82) is 10.5 Å². The van der Waals surface area contributed by atoms with Gasteiger partial charge in [-0.2, -0.15) is 0 Å². The van der Waals surface area contributed by atoms with E-state index in [-0.39, 0.29) is 11.8 Å². The van der Waals surface area contributed by atoms with Gasteiger partial charge in [-0.15, -0.1) is 10.5 Å². The van der Waals surface area contributed by atoms with Gasteiger partial charge in [0.25, 0.3) is 12.5 Å². The second-order valence-electron chi connectivity index (χ2n) is 8.04. The summed E-state index contributed by atoms with van der Waals surface area (Å²) in [6, 6.07) is 0. The van der Waals surface area contributed by atoms with Crippen LogP contribution in [0.4, 0.5) is 0 Å². The molecule has 0 aromatic heterocycles. The van der Waals surface area contributed by atoms with Crippen molar-refractivity contribution in [2.75, 3.05) is 0 Å². The Hall–Kier alpha value is -2.08. The Labute approximate surface area is 155 Å². The van der Waals surface area contributed by atoms with Crippen molar-refractivity contribution in [2.24, 2.45) is 22.7 Å². The lowest BCUT2D eigenvalue weighted by Crippen LogP contribution is -2.58. The molecule has 2 atom stereocenters. The first-order valence-corrected chi connectivity index (χ1v) is 9.63. The zero-order valence-electron chi connectivity index (χ0n) is 15.8. The van der Waals surface area contributed by atoms with Gasteiger partial charge in [0.05, 0.1) is 10.8 Å². The quantitative estimate of drug-likeness (QED) is 0.538. The molecule has 0 aromatic rings. The van der Waals surface area contributed by atoms with E-state index in [1.807, 2.05) is 0 Å². The Morgan fingerprint density at radius 3 is 1.31 bits per heavy atom. The minimum absolute atomic E-state index is 0.0738. The Morgan fingerprint density at radius 1 is 0.731 bits per heavy atom. The van der Waals surface area contributed by atoms with E-state index in [1.165, 1.54) is 12.5 Å². The number of ether oxygens (including phenoxy) is 2. The predicted molar refractivity (Wildman–Crippen MR) is 92.8 cm³/mol. The summed E-state index contributed by atoms with van der Waals surface area (Å²) < 4.78 is 9.60. The largest absolute Gasteiger partial charge is 0.351 e. The van der Waals surface area contributed by atoms with Crippen molar-refractivity contribution in [2.45, 2.75) is 78.1 Å². The Bertz CT molecular complexity index is 554. The molecule has 142 valence electrons. The van der Waals surface area contributed by atoms with Gasteiger partial charge < -0.3 is 9.47 Å². The van der Waals surface area contributed by atoms with Gasteiger partial charge in [0, 0.05) is 0 Å². The molecule has 2 aliphatic rings. The van der Waals surface area contributed by atoms with Crippen molar-refractivity contribution < 1.29 is 19.1 Å². The van der Waals surface area contributed by atoms with Crippen LogP contribution in [-0.4, -0.2) is 11.9 Å². The van der Waals surface area contributed by atoms with Gasteiger partial charge in [-0.25, -0.2) is 0 Å². The van der Waals surface area contributed by atoms with Crippen molar-refractivity contribution in [3.63, 3.8) is 0 Å². The van der Waals surface area contributed by atoms with E-state index in [1.54, 1.807) is 13.8 Å². The molecule has 2 fully saturated rings. The van der Waals surface area contributed by atoms with Crippen LogP contribution in [0.25, 0.3) is 0 Å². The highest BCUT2D eigenvalue weighted by Crippen LogP contribution is 2.57. The maximum absolute atomic E-state index is 13.0. The molecule has 0 N–H and O–H groups in total. The standard InChI is InChI=1S/C20H28N2O4/c1-19(17(23)25-13-21,15-9-5-3-6-10-15)20(2,18(24)26-14-22)16-11-7-4-8-12-16/h15-16H,3-12H2,1-2H3. The molecular formula is C20H28N2O4. The zero-order chi connectivity index (χ0) is 19.2. The number of hydrogen-bond acceptors (Lipinski definition) is 6. The molecule has 2 rings (SSSR count). The molecule has 6 nitrogen and oxygen atoms in total. The minimum Gasteiger partial charge on any atom is -0.351 e. The van der Waals surface area contributed by atoms with E-state index in [0.717, 1.165) is 64.2 Å². The molecular weight excluding hydrogens is 332 g/mol. The summed E-state index contributed by atoms with van der Waals surface area (Å²) in [5.74, 6) is -1.49. The minimum atomic E-state index is -1.20. The van der Waals surface area contributed by atoms with E-state index in [4.69, 9.17) is 20.0 Å². The fraction of sp³-hybridized carbons (Fsp3) is 0.800. The summed E-state index contributed by atoms with van der Waals surface area (Å²) in [4.78, 5) is 26.1. The smallest absolute Gasteiger partial charge is 0.328 e. The Balaban J connectivity index is 2.55. The molecule has 6 heteroatoms. The molecule has 0 aliphatic heterocycles. The summed E-state index contributed by atoms with van der Waals surface area (Å²) in [6.45, 7) is 3.49. The SMILES string of the molecule is CC(C(=O)OC#N)(C1CCCCC1)C(C)(C(=O)OC#N)C1CCCCC1. The van der Waals surface area contributed by atoms with E-state index in [9.17, 15) is 9.59 Å². The third kappa shape index (κ3) is 3.43. The molecule has 0 aromatic carbocycles. The summed E-state index contributed by atoms with van der Waals surface area (Å²) in [5.41, 5.74) is -2.39. The summed E-state index contributed by atoms with van der Waals surface area (Å²) in [7, 11) is 0. The van der Waals surface area contributed by atoms with Crippen molar-refractivity contribution in [3.05, 3.63) is 0 Å². The zero-order valence-corrected chi connectivity index (χ0v) is 15.8. The van der Waals surface area contributed by atoms with Crippen LogP contribution in [0.3, 0.4) is 0 Å². The number of carbonyl (C=O) groups excluding carboxylic acids is 2. The van der Waals surface area contributed by atoms with Gasteiger partial charge >= 0.3 is 11.9 Å². The fourth-order valence-corrected chi connectivity index (χ4v) is 5.26. The van der Waals surface area contributed by atoms with Crippen LogP contribution in [0.5, 0.6) is 0 Å². The lowest BCUT2D eigenvalue weighted by molar-refractivity contribution is -0.186. The molecule has 2 saturated carbocycles. The molecule has 0 spiro atoms. The normalized spacial score (nSPS) is 23.5. The molecule has 0 heterocycles. The van der Waals surface area contributed by atoms with E-state index in [2.05, 4.69) is 0 Å². The number of rotatable bonds is 5. The van der Waals surface area contributed by atoms with Crippen LogP contribution in [-0.2, 0) is 19.1 Å². The second-order valence-corrected chi connectivity index (χ2v) is 8.04. The van der Waals surface area contributed by atoms with E-state index in [0.29, 0.717) is 0 Å². The first-order valence-electron chi connectivity index (χ1n) is 9.63. The molecule has 0 bridgehead atoms. The first kappa shape index (κ1) is 20.2. The molecule has 0 saturated heterocycles. The van der Waals surface area contributed by atoms with Crippen LogP contribution in [0.1, 0.15) is 78.1 Å². The Kier molecular flexibility index (Phi) is 6.64. The monoisotopic (exact) mass is 360 g/mol. The van der Waals surface area contributed by atoms with Crippen LogP contribution >= 0.6 is 0 Å². The average molecular weight is 360 g/mol. The maximum Gasteiger partial charge on any atom is 0.328 e. The molecule has 2 unspecified atom stereocenters. The number of nitriles is 2. The van der Waals surface area contributed by atoms with E-state index >= 15 is 0 Å². The first-order chi connectivity index (χ1) is 12.4. The van der Waals surface area contributed by atoms with Crippen molar-refractivity contribution in [3.8, 4) is 12.5 Å². The number of esters is 2. The van der Waals surface area contributed by atoms with Gasteiger partial charge in [0.1, 0.15) is 0 Å². The van der Waals surface area contributed by atoms with Crippen molar-refractivity contribution in [1.82, 2.24) is 0 Å². The lowest BCUT2D eigenvalue weighted by Gasteiger charge is -2.51. The van der Waals surface area contributed by atoms with E-state index < -0.39 is 22.8 Å². The number of hydrogen-bond donors (Lipinski definition) is 0. The summed E-state index contributed by atoms with van der Waals surface area (Å²) in [5, 5.41) is 17.9. The van der Waals surface area contributed by atoms with Crippen LogP contribution in [0.2, 0.25) is 0 Å². The van der Waals surface area contributed by atoms with Gasteiger partial charge in [0.2, 0.25) is 0 Å². The summed E-state index contributed by atoms with van der Waals surface area (Å²) >= 11 is 0.